The summed E-state index contributed by atoms with van der Waals surface area (Å²) in [6, 6.07) is 0.178. The van der Waals surface area contributed by atoms with Gasteiger partial charge in [-0.25, -0.2) is 4.98 Å². The summed E-state index contributed by atoms with van der Waals surface area (Å²) in [6.07, 6.45) is -0.0725. The molecule has 1 heterocycles. The third-order valence-corrected chi connectivity index (χ3v) is 4.40. The molecule has 1 N–H and O–H groups in total. The molecule has 0 fully saturated rings. The maximum atomic E-state index is 11.7. The molecule has 5 nitrogen and oxygen atoms in total. The number of carbonyl (C=O) groups excluding carboxylic acids is 1. The number of hydrogen-bond donors (Lipinski definition) is 1. The number of thiazole rings is 1. The zero-order valence-electron chi connectivity index (χ0n) is 10.5. The fraction of sp³-hybridized carbons (Fsp3) is 0.545. The van der Waals surface area contributed by atoms with E-state index in [1.165, 1.54) is 23.1 Å². The van der Waals surface area contributed by atoms with Gasteiger partial charge in [0.15, 0.2) is 4.34 Å². The summed E-state index contributed by atoms with van der Waals surface area (Å²) in [5.41, 5.74) is 0.541. The monoisotopic (exact) mass is 288 g/mol. The summed E-state index contributed by atoms with van der Waals surface area (Å²) in [5, 5.41) is 10.3. The Morgan fingerprint density at radius 3 is 2.78 bits per heavy atom. The highest BCUT2D eigenvalue weighted by Crippen LogP contribution is 2.23. The number of carboxylic acids is 1. The van der Waals surface area contributed by atoms with Crippen LogP contribution >= 0.6 is 23.1 Å². The van der Waals surface area contributed by atoms with Crippen LogP contribution in [0.25, 0.3) is 0 Å². The van der Waals surface area contributed by atoms with Crippen LogP contribution in [0.4, 0.5) is 0 Å². The second-order valence-corrected chi connectivity index (χ2v) is 6.14. The SMILES string of the molecule is CC(C)N(C)C(=O)CSc1nc(CC(=O)O)cs1. The van der Waals surface area contributed by atoms with E-state index in [9.17, 15) is 9.59 Å². The second-order valence-electron chi connectivity index (χ2n) is 4.06. The van der Waals surface area contributed by atoms with Crippen LogP contribution in [0.15, 0.2) is 9.72 Å². The van der Waals surface area contributed by atoms with Gasteiger partial charge in [0.05, 0.1) is 17.9 Å². The molecule has 1 aromatic rings. The van der Waals surface area contributed by atoms with E-state index in [4.69, 9.17) is 5.11 Å². The third-order valence-electron chi connectivity index (χ3n) is 2.35. The number of hydrogen-bond acceptors (Lipinski definition) is 5. The molecule has 0 spiro atoms. The predicted octanol–water partition coefficient (Wildman–Crippen LogP) is 1.73. The van der Waals surface area contributed by atoms with E-state index in [0.717, 1.165) is 4.34 Å². The summed E-state index contributed by atoms with van der Waals surface area (Å²) in [4.78, 5) is 28.1. The summed E-state index contributed by atoms with van der Waals surface area (Å²) < 4.78 is 0.733. The first kappa shape index (κ1) is 15.0. The van der Waals surface area contributed by atoms with Crippen molar-refractivity contribution in [3.05, 3.63) is 11.1 Å². The van der Waals surface area contributed by atoms with Crippen molar-refractivity contribution in [2.75, 3.05) is 12.8 Å². The average molecular weight is 288 g/mol. The van der Waals surface area contributed by atoms with Gasteiger partial charge in [-0.1, -0.05) is 11.8 Å². The zero-order chi connectivity index (χ0) is 13.7. The molecule has 0 aliphatic heterocycles. The van der Waals surface area contributed by atoms with Crippen LogP contribution in [-0.4, -0.2) is 45.7 Å². The van der Waals surface area contributed by atoms with Crippen LogP contribution in [0.3, 0.4) is 0 Å². The van der Waals surface area contributed by atoms with Crippen molar-refractivity contribution in [2.24, 2.45) is 0 Å². The minimum Gasteiger partial charge on any atom is -0.481 e. The number of amides is 1. The standard InChI is InChI=1S/C11H16N2O3S2/c1-7(2)13(3)9(14)6-18-11-12-8(5-17-11)4-10(15)16/h5,7H,4,6H2,1-3H3,(H,15,16). The maximum Gasteiger partial charge on any atom is 0.309 e. The minimum absolute atomic E-state index is 0.0463. The van der Waals surface area contributed by atoms with Gasteiger partial charge < -0.3 is 10.0 Å². The van der Waals surface area contributed by atoms with Gasteiger partial charge in [-0.3, -0.25) is 9.59 Å². The Balaban J connectivity index is 2.46. The van der Waals surface area contributed by atoms with Crippen LogP contribution in [0.5, 0.6) is 0 Å². The predicted molar refractivity (Wildman–Crippen MR) is 72.1 cm³/mol. The van der Waals surface area contributed by atoms with Crippen LogP contribution in [0.1, 0.15) is 19.5 Å². The van der Waals surface area contributed by atoms with Gasteiger partial charge in [-0.2, -0.15) is 0 Å². The lowest BCUT2D eigenvalue weighted by Gasteiger charge is -2.20. The molecular formula is C11H16N2O3S2. The first-order valence-electron chi connectivity index (χ1n) is 5.44. The molecule has 18 heavy (non-hydrogen) atoms. The lowest BCUT2D eigenvalue weighted by atomic mass is 10.3. The highest BCUT2D eigenvalue weighted by Gasteiger charge is 2.13. The molecule has 0 unspecified atom stereocenters. The second kappa shape index (κ2) is 6.75. The molecular weight excluding hydrogens is 272 g/mol. The molecule has 0 aromatic carbocycles. The Kier molecular flexibility index (Phi) is 5.61. The van der Waals surface area contributed by atoms with Crippen molar-refractivity contribution in [3.8, 4) is 0 Å². The van der Waals surface area contributed by atoms with Gasteiger partial charge in [0.1, 0.15) is 0 Å². The molecule has 1 aromatic heterocycles. The largest absolute Gasteiger partial charge is 0.481 e. The van der Waals surface area contributed by atoms with E-state index in [2.05, 4.69) is 4.98 Å². The Bertz CT molecular complexity index is 432. The van der Waals surface area contributed by atoms with Crippen molar-refractivity contribution < 1.29 is 14.7 Å². The molecule has 0 bridgehead atoms. The summed E-state index contributed by atoms with van der Waals surface area (Å²) >= 11 is 2.72. The number of rotatable bonds is 6. The van der Waals surface area contributed by atoms with E-state index in [-0.39, 0.29) is 18.4 Å². The zero-order valence-corrected chi connectivity index (χ0v) is 12.2. The first-order chi connectivity index (χ1) is 8.40. The van der Waals surface area contributed by atoms with Gasteiger partial charge in [0.2, 0.25) is 5.91 Å². The average Bonchev–Trinajstić information content (AvgIpc) is 2.71. The molecule has 1 rings (SSSR count). The molecule has 7 heteroatoms. The van der Waals surface area contributed by atoms with Gasteiger partial charge in [0, 0.05) is 18.5 Å². The Morgan fingerprint density at radius 1 is 1.56 bits per heavy atom. The van der Waals surface area contributed by atoms with E-state index in [0.29, 0.717) is 11.4 Å². The molecule has 0 saturated carbocycles. The summed E-state index contributed by atoms with van der Waals surface area (Å²) in [7, 11) is 1.77. The van der Waals surface area contributed by atoms with Crippen LogP contribution < -0.4 is 0 Å². The van der Waals surface area contributed by atoms with Gasteiger partial charge in [-0.05, 0) is 13.8 Å². The van der Waals surface area contributed by atoms with Crippen molar-refractivity contribution >= 4 is 35.0 Å². The number of carboxylic acid groups (broad SMARTS) is 1. The molecule has 0 radical (unpaired) electrons. The van der Waals surface area contributed by atoms with Crippen molar-refractivity contribution in [1.82, 2.24) is 9.88 Å². The van der Waals surface area contributed by atoms with E-state index in [1.54, 1.807) is 17.3 Å². The van der Waals surface area contributed by atoms with Crippen LogP contribution in [-0.2, 0) is 16.0 Å². The van der Waals surface area contributed by atoms with Crippen molar-refractivity contribution in [3.63, 3.8) is 0 Å². The molecule has 0 atom stereocenters. The van der Waals surface area contributed by atoms with Gasteiger partial charge in [0.25, 0.3) is 0 Å². The number of aromatic nitrogens is 1. The molecule has 0 aliphatic rings. The lowest BCUT2D eigenvalue weighted by molar-refractivity contribution is -0.136. The highest BCUT2D eigenvalue weighted by atomic mass is 32.2. The molecule has 100 valence electrons. The summed E-state index contributed by atoms with van der Waals surface area (Å²) in [5.74, 6) is -0.522. The normalized spacial score (nSPS) is 10.7. The topological polar surface area (TPSA) is 70.5 Å². The molecule has 0 saturated heterocycles. The van der Waals surface area contributed by atoms with E-state index >= 15 is 0 Å². The van der Waals surface area contributed by atoms with Gasteiger partial charge in [-0.15, -0.1) is 11.3 Å². The lowest BCUT2D eigenvalue weighted by Crippen LogP contribution is -2.34. The Hall–Kier alpha value is -1.08. The first-order valence-corrected chi connectivity index (χ1v) is 7.31. The maximum absolute atomic E-state index is 11.7. The highest BCUT2D eigenvalue weighted by molar-refractivity contribution is 8.01. The number of carbonyl (C=O) groups is 2. The third kappa shape index (κ3) is 4.66. The van der Waals surface area contributed by atoms with E-state index in [1.807, 2.05) is 13.8 Å². The van der Waals surface area contributed by atoms with E-state index < -0.39 is 5.97 Å². The van der Waals surface area contributed by atoms with Gasteiger partial charge >= 0.3 is 5.97 Å². The molecule has 0 aliphatic carbocycles. The Labute approximate surface area is 114 Å². The van der Waals surface area contributed by atoms with Crippen LogP contribution in [0.2, 0.25) is 0 Å². The summed E-state index contributed by atoms with van der Waals surface area (Å²) in [6.45, 7) is 3.91. The number of nitrogens with zero attached hydrogens (tertiary/aromatic N) is 2. The van der Waals surface area contributed by atoms with Crippen molar-refractivity contribution in [1.29, 1.82) is 0 Å². The minimum atomic E-state index is -0.896. The quantitative estimate of drug-likeness (QED) is 0.807. The molecule has 1 amide bonds. The van der Waals surface area contributed by atoms with Crippen molar-refractivity contribution in [2.45, 2.75) is 30.6 Å². The fourth-order valence-electron chi connectivity index (χ4n) is 1.10. The van der Waals surface area contributed by atoms with Crippen LogP contribution in [0, 0.1) is 0 Å². The number of thioether (sulfide) groups is 1. The smallest absolute Gasteiger partial charge is 0.309 e. The Morgan fingerprint density at radius 2 is 2.22 bits per heavy atom. The fourth-order valence-corrected chi connectivity index (χ4v) is 2.87. The number of aliphatic carboxylic acids is 1.